The van der Waals surface area contributed by atoms with Crippen molar-refractivity contribution in [3.63, 3.8) is 0 Å². The third-order valence-corrected chi connectivity index (χ3v) is 5.10. The van der Waals surface area contributed by atoms with Gasteiger partial charge in [0, 0.05) is 12.0 Å². The van der Waals surface area contributed by atoms with Crippen molar-refractivity contribution < 1.29 is 23.7 Å². The first kappa shape index (κ1) is 23.5. The van der Waals surface area contributed by atoms with Gasteiger partial charge in [0.1, 0.15) is 0 Å². The van der Waals surface area contributed by atoms with Crippen LogP contribution in [0.25, 0.3) is 0 Å². The number of rotatable bonds is 13. The summed E-state index contributed by atoms with van der Waals surface area (Å²) in [6.45, 7) is 1.85. The number of aryl methyl sites for hydroxylation is 1. The Morgan fingerprint density at radius 2 is 1.33 bits per heavy atom. The molecule has 30 heavy (non-hydrogen) atoms. The summed E-state index contributed by atoms with van der Waals surface area (Å²) >= 11 is 0. The van der Waals surface area contributed by atoms with Crippen molar-refractivity contribution in [2.75, 3.05) is 48.6 Å². The van der Waals surface area contributed by atoms with E-state index in [1.165, 1.54) is 5.56 Å². The fourth-order valence-electron chi connectivity index (χ4n) is 3.36. The van der Waals surface area contributed by atoms with E-state index in [4.69, 9.17) is 18.9 Å². The van der Waals surface area contributed by atoms with Crippen molar-refractivity contribution in [2.24, 2.45) is 0 Å². The third kappa shape index (κ3) is 6.66. The Labute approximate surface area is 179 Å². The summed E-state index contributed by atoms with van der Waals surface area (Å²) in [6.07, 6.45) is 3.33. The van der Waals surface area contributed by atoms with Crippen molar-refractivity contribution in [3.05, 3.63) is 47.5 Å². The molecular formula is C24H33NO5. The van der Waals surface area contributed by atoms with Crippen LogP contribution >= 0.6 is 0 Å². The number of nitrogens with zero attached hydrogens (tertiary/aromatic N) is 1. The van der Waals surface area contributed by atoms with Crippen LogP contribution in [-0.4, -0.2) is 59.3 Å². The van der Waals surface area contributed by atoms with Crippen LogP contribution in [0.3, 0.4) is 0 Å². The second kappa shape index (κ2) is 12.1. The smallest absolute Gasteiger partial charge is 0.163 e. The fourth-order valence-corrected chi connectivity index (χ4v) is 3.36. The van der Waals surface area contributed by atoms with Gasteiger partial charge in [-0.15, -0.1) is 0 Å². The summed E-state index contributed by atoms with van der Waals surface area (Å²) in [6, 6.07) is 11.3. The average molecular weight is 416 g/mol. The molecule has 0 spiro atoms. The summed E-state index contributed by atoms with van der Waals surface area (Å²) in [5, 5.41) is 0. The molecule has 164 valence electrons. The summed E-state index contributed by atoms with van der Waals surface area (Å²) in [5.74, 6) is 2.84. The predicted octanol–water partition coefficient (Wildman–Crippen LogP) is 4.25. The minimum absolute atomic E-state index is 0.120. The Balaban J connectivity index is 1.73. The Bertz CT molecular complexity index is 821. The normalized spacial score (nSPS) is 10.7. The molecule has 0 N–H and O–H groups in total. The van der Waals surface area contributed by atoms with Gasteiger partial charge in [0.25, 0.3) is 0 Å². The van der Waals surface area contributed by atoms with Gasteiger partial charge in [-0.1, -0.05) is 6.07 Å². The van der Waals surface area contributed by atoms with Gasteiger partial charge in [0.15, 0.2) is 28.8 Å². The molecule has 2 aromatic rings. The number of carbonyl (C=O) groups is 1. The molecule has 0 fully saturated rings. The van der Waals surface area contributed by atoms with E-state index in [1.54, 1.807) is 46.6 Å². The van der Waals surface area contributed by atoms with Crippen LogP contribution in [0, 0.1) is 0 Å². The molecule has 6 nitrogen and oxygen atoms in total. The lowest BCUT2D eigenvalue weighted by atomic mass is 10.1. The topological polar surface area (TPSA) is 57.2 Å². The predicted molar refractivity (Wildman–Crippen MR) is 118 cm³/mol. The van der Waals surface area contributed by atoms with Crippen LogP contribution in [0.1, 0.15) is 35.2 Å². The van der Waals surface area contributed by atoms with Gasteiger partial charge in [0.2, 0.25) is 0 Å². The molecule has 0 aromatic heterocycles. The molecule has 0 heterocycles. The first-order valence-electron chi connectivity index (χ1n) is 10.2. The number of methoxy groups -OCH3 is 4. The van der Waals surface area contributed by atoms with E-state index >= 15 is 0 Å². The maximum absolute atomic E-state index is 12.5. The van der Waals surface area contributed by atoms with E-state index in [0.717, 1.165) is 43.9 Å². The molecule has 0 aliphatic heterocycles. The largest absolute Gasteiger partial charge is 0.493 e. The van der Waals surface area contributed by atoms with Gasteiger partial charge in [-0.3, -0.25) is 4.79 Å². The SMILES string of the molecule is COc1ccc(CCCN(C)CCCC(=O)c2ccc(OC)c(OC)c2)cc1OC. The van der Waals surface area contributed by atoms with Crippen molar-refractivity contribution in [1.29, 1.82) is 0 Å². The first-order chi connectivity index (χ1) is 14.5. The van der Waals surface area contributed by atoms with Crippen molar-refractivity contribution in [3.8, 4) is 23.0 Å². The van der Waals surface area contributed by atoms with Crippen LogP contribution < -0.4 is 18.9 Å². The number of benzene rings is 2. The molecule has 6 heteroatoms. The molecule has 0 radical (unpaired) electrons. The molecular weight excluding hydrogens is 382 g/mol. The maximum Gasteiger partial charge on any atom is 0.163 e. The number of ketones is 1. The maximum atomic E-state index is 12.5. The lowest BCUT2D eigenvalue weighted by Gasteiger charge is -2.16. The molecule has 0 saturated carbocycles. The summed E-state index contributed by atoms with van der Waals surface area (Å²) in [7, 11) is 8.54. The van der Waals surface area contributed by atoms with E-state index in [2.05, 4.69) is 18.0 Å². The minimum atomic E-state index is 0.120. The lowest BCUT2D eigenvalue weighted by Crippen LogP contribution is -2.22. The highest BCUT2D eigenvalue weighted by Crippen LogP contribution is 2.29. The monoisotopic (exact) mass is 415 g/mol. The molecule has 0 atom stereocenters. The summed E-state index contributed by atoms with van der Waals surface area (Å²) < 4.78 is 21.1. The Morgan fingerprint density at radius 3 is 1.97 bits per heavy atom. The quantitative estimate of drug-likeness (QED) is 0.456. The van der Waals surface area contributed by atoms with Crippen LogP contribution in [0.4, 0.5) is 0 Å². The van der Waals surface area contributed by atoms with Crippen LogP contribution in [0.15, 0.2) is 36.4 Å². The van der Waals surface area contributed by atoms with Gasteiger partial charge >= 0.3 is 0 Å². The van der Waals surface area contributed by atoms with Crippen LogP contribution in [-0.2, 0) is 6.42 Å². The zero-order valence-corrected chi connectivity index (χ0v) is 18.7. The zero-order valence-electron chi connectivity index (χ0n) is 18.7. The molecule has 2 rings (SSSR count). The second-order valence-electron chi connectivity index (χ2n) is 7.19. The minimum Gasteiger partial charge on any atom is -0.493 e. The number of hydrogen-bond acceptors (Lipinski definition) is 6. The number of ether oxygens (including phenoxy) is 4. The molecule has 0 aliphatic carbocycles. The van der Waals surface area contributed by atoms with Gasteiger partial charge < -0.3 is 23.8 Å². The molecule has 0 amide bonds. The van der Waals surface area contributed by atoms with Gasteiger partial charge in [0.05, 0.1) is 28.4 Å². The van der Waals surface area contributed by atoms with Gasteiger partial charge in [-0.05, 0) is 75.3 Å². The van der Waals surface area contributed by atoms with Crippen molar-refractivity contribution >= 4 is 5.78 Å². The Morgan fingerprint density at radius 1 is 0.767 bits per heavy atom. The molecule has 0 unspecified atom stereocenters. The highest BCUT2D eigenvalue weighted by molar-refractivity contribution is 5.96. The molecule has 0 saturated heterocycles. The van der Waals surface area contributed by atoms with Crippen molar-refractivity contribution in [1.82, 2.24) is 4.90 Å². The number of Topliss-reactive ketones (excluding diaryl/α,β-unsaturated/α-hetero) is 1. The Hall–Kier alpha value is -2.73. The van der Waals surface area contributed by atoms with Gasteiger partial charge in [-0.2, -0.15) is 0 Å². The number of hydrogen-bond donors (Lipinski definition) is 0. The van der Waals surface area contributed by atoms with Crippen LogP contribution in [0.2, 0.25) is 0 Å². The van der Waals surface area contributed by atoms with E-state index in [9.17, 15) is 4.79 Å². The summed E-state index contributed by atoms with van der Waals surface area (Å²) in [4.78, 5) is 14.7. The molecule has 0 bridgehead atoms. The fraction of sp³-hybridized carbons (Fsp3) is 0.458. The van der Waals surface area contributed by atoms with E-state index < -0.39 is 0 Å². The lowest BCUT2D eigenvalue weighted by molar-refractivity contribution is 0.0976. The Kier molecular flexibility index (Phi) is 9.48. The standard InChI is InChI=1S/C24H33NO5/c1-25(14-6-8-18-10-12-21(27-2)23(16-18)29-4)15-7-9-20(26)19-11-13-22(28-3)24(17-19)30-5/h10-13,16-17H,6-9,14-15H2,1-5H3. The second-order valence-corrected chi connectivity index (χ2v) is 7.19. The zero-order chi connectivity index (χ0) is 21.9. The molecule has 0 aliphatic rings. The highest BCUT2D eigenvalue weighted by atomic mass is 16.5. The van der Waals surface area contributed by atoms with Gasteiger partial charge in [-0.25, -0.2) is 0 Å². The van der Waals surface area contributed by atoms with E-state index in [1.807, 2.05) is 12.1 Å². The van der Waals surface area contributed by atoms with Crippen molar-refractivity contribution in [2.45, 2.75) is 25.7 Å². The number of carbonyl (C=O) groups excluding carboxylic acids is 1. The summed E-state index contributed by atoms with van der Waals surface area (Å²) in [5.41, 5.74) is 1.88. The first-order valence-corrected chi connectivity index (χ1v) is 10.2. The van der Waals surface area contributed by atoms with Crippen LogP contribution in [0.5, 0.6) is 23.0 Å². The highest BCUT2D eigenvalue weighted by Gasteiger charge is 2.11. The average Bonchev–Trinajstić information content (AvgIpc) is 2.78. The van der Waals surface area contributed by atoms with E-state index in [0.29, 0.717) is 23.5 Å². The molecule has 2 aromatic carbocycles. The van der Waals surface area contributed by atoms with E-state index in [-0.39, 0.29) is 5.78 Å². The third-order valence-electron chi connectivity index (χ3n) is 5.10.